The quantitative estimate of drug-likeness (QED) is 0.573. The van der Waals surface area contributed by atoms with Gasteiger partial charge in [-0.25, -0.2) is 0 Å². The fraction of sp³-hybridized carbons (Fsp3) is 0.900. The molecule has 8 heteroatoms. The fourth-order valence-electron chi connectivity index (χ4n) is 1.47. The van der Waals surface area contributed by atoms with E-state index < -0.39 is 27.9 Å². The van der Waals surface area contributed by atoms with E-state index in [1.807, 2.05) is 13.8 Å². The van der Waals surface area contributed by atoms with E-state index >= 15 is 0 Å². The molecule has 0 spiro atoms. The van der Waals surface area contributed by atoms with Crippen LogP contribution in [0.5, 0.6) is 0 Å². The summed E-state index contributed by atoms with van der Waals surface area (Å²) in [4.78, 5) is 11.2. The summed E-state index contributed by atoms with van der Waals surface area (Å²) >= 11 is 0. The van der Waals surface area contributed by atoms with Crippen LogP contribution in [0.15, 0.2) is 0 Å². The van der Waals surface area contributed by atoms with E-state index in [-0.39, 0.29) is 12.3 Å². The molecule has 0 rings (SSSR count). The maximum atomic E-state index is 12.7. The molecule has 0 heterocycles. The first-order chi connectivity index (χ1) is 7.95. The molecular weight excluding hydrogens is 270 g/mol. The zero-order valence-electron chi connectivity index (χ0n) is 10.5. The third-order valence-corrected chi connectivity index (χ3v) is 3.04. The molecule has 0 bridgehead atoms. The number of carbonyl (C=O) groups excluding carboxylic acids is 1. The summed E-state index contributed by atoms with van der Waals surface area (Å²) in [5, 5.41) is -4.47. The van der Waals surface area contributed by atoms with Crippen LogP contribution in [0.3, 0.4) is 0 Å². The molecular formula is C10H18F2O5S. The van der Waals surface area contributed by atoms with Gasteiger partial charge < -0.3 is 4.74 Å². The summed E-state index contributed by atoms with van der Waals surface area (Å²) in [7, 11) is -5.56. The number of ether oxygens (including phenoxy) is 1. The second-order valence-electron chi connectivity index (χ2n) is 4.71. The molecule has 1 unspecified atom stereocenters. The molecule has 0 aromatic rings. The van der Waals surface area contributed by atoms with Crippen LogP contribution < -0.4 is 0 Å². The molecule has 0 aliphatic carbocycles. The smallest absolute Gasteiger partial charge is 0.402 e. The normalized spacial score (nSPS) is 14.6. The summed E-state index contributed by atoms with van der Waals surface area (Å²) < 4.78 is 58.3. The molecule has 0 fully saturated rings. The van der Waals surface area contributed by atoms with Crippen LogP contribution in [-0.2, 0) is 19.6 Å². The third kappa shape index (κ3) is 6.25. The first-order valence-electron chi connectivity index (χ1n) is 5.46. The number of hydrogen-bond acceptors (Lipinski definition) is 4. The highest BCUT2D eigenvalue weighted by atomic mass is 32.2. The predicted octanol–water partition coefficient (Wildman–Crippen LogP) is 2.08. The summed E-state index contributed by atoms with van der Waals surface area (Å²) in [6.45, 7) is 4.00. The summed E-state index contributed by atoms with van der Waals surface area (Å²) in [6.07, 6.45) is 0.656. The second kappa shape index (κ2) is 6.42. The van der Waals surface area contributed by atoms with Gasteiger partial charge in [-0.3, -0.25) is 9.35 Å². The zero-order valence-corrected chi connectivity index (χ0v) is 11.3. The number of rotatable bonds is 7. The molecule has 108 valence electrons. The van der Waals surface area contributed by atoms with Crippen LogP contribution in [0.25, 0.3) is 0 Å². The molecule has 0 aromatic carbocycles. The van der Waals surface area contributed by atoms with Crippen LogP contribution >= 0.6 is 0 Å². The van der Waals surface area contributed by atoms with Crippen molar-refractivity contribution in [2.75, 3.05) is 6.61 Å². The van der Waals surface area contributed by atoms with Gasteiger partial charge in [0.05, 0.1) is 0 Å². The Labute approximate surface area is 105 Å². The van der Waals surface area contributed by atoms with E-state index in [9.17, 15) is 22.0 Å². The number of hydrogen-bond donors (Lipinski definition) is 1. The summed E-state index contributed by atoms with van der Waals surface area (Å²) in [6, 6.07) is 0. The summed E-state index contributed by atoms with van der Waals surface area (Å²) in [5.74, 6) is -0.601. The van der Waals surface area contributed by atoms with Gasteiger partial charge in [0, 0.05) is 6.42 Å². The molecule has 0 amide bonds. The van der Waals surface area contributed by atoms with E-state index in [0.717, 1.165) is 6.42 Å². The highest BCUT2D eigenvalue weighted by molar-refractivity contribution is 7.86. The lowest BCUT2D eigenvalue weighted by Crippen LogP contribution is -2.34. The molecule has 0 aromatic heterocycles. The standard InChI is InChI=1S/C10H18F2O5S/c1-7(2)4-8(3)5-9(13)17-6-10(11,12)18(14,15)16/h7-8H,4-6H2,1-3H3,(H,14,15,16). The lowest BCUT2D eigenvalue weighted by molar-refractivity contribution is -0.150. The SMILES string of the molecule is CC(C)CC(C)CC(=O)OCC(F)(F)S(=O)(=O)O. The average molecular weight is 288 g/mol. The van der Waals surface area contributed by atoms with E-state index in [0.29, 0.717) is 5.92 Å². The Morgan fingerprint density at radius 1 is 1.33 bits per heavy atom. The van der Waals surface area contributed by atoms with Crippen LogP contribution in [0.2, 0.25) is 0 Å². The van der Waals surface area contributed by atoms with Crippen molar-refractivity contribution in [3.05, 3.63) is 0 Å². The Morgan fingerprint density at radius 2 is 1.83 bits per heavy atom. The van der Waals surface area contributed by atoms with E-state index in [1.54, 1.807) is 6.92 Å². The Morgan fingerprint density at radius 3 is 2.22 bits per heavy atom. The van der Waals surface area contributed by atoms with Gasteiger partial charge >= 0.3 is 21.3 Å². The van der Waals surface area contributed by atoms with Crippen molar-refractivity contribution in [1.82, 2.24) is 0 Å². The number of carbonyl (C=O) groups is 1. The highest BCUT2D eigenvalue weighted by Crippen LogP contribution is 2.21. The van der Waals surface area contributed by atoms with Crippen LogP contribution in [0.1, 0.15) is 33.6 Å². The minimum Gasteiger partial charge on any atom is -0.458 e. The van der Waals surface area contributed by atoms with Crippen molar-refractivity contribution in [1.29, 1.82) is 0 Å². The topological polar surface area (TPSA) is 80.7 Å². The maximum absolute atomic E-state index is 12.7. The lowest BCUT2D eigenvalue weighted by atomic mass is 9.96. The first-order valence-corrected chi connectivity index (χ1v) is 6.90. The van der Waals surface area contributed by atoms with Crippen molar-refractivity contribution >= 4 is 16.1 Å². The van der Waals surface area contributed by atoms with Crippen molar-refractivity contribution in [2.45, 2.75) is 38.9 Å². The van der Waals surface area contributed by atoms with Gasteiger partial charge in [0.15, 0.2) is 6.61 Å². The third-order valence-electron chi connectivity index (χ3n) is 2.17. The Balaban J connectivity index is 4.20. The second-order valence-corrected chi connectivity index (χ2v) is 6.26. The van der Waals surface area contributed by atoms with Crippen molar-refractivity contribution < 1.29 is 31.3 Å². The molecule has 1 atom stereocenters. The van der Waals surface area contributed by atoms with Gasteiger partial charge in [-0.15, -0.1) is 0 Å². The van der Waals surface area contributed by atoms with Crippen molar-refractivity contribution in [3.8, 4) is 0 Å². The molecule has 0 radical (unpaired) electrons. The van der Waals surface area contributed by atoms with Crippen LogP contribution in [-0.4, -0.2) is 30.8 Å². The largest absolute Gasteiger partial charge is 0.458 e. The van der Waals surface area contributed by atoms with Gasteiger partial charge in [0.1, 0.15) is 0 Å². The van der Waals surface area contributed by atoms with Crippen LogP contribution in [0.4, 0.5) is 8.78 Å². The van der Waals surface area contributed by atoms with Gasteiger partial charge in [-0.1, -0.05) is 20.8 Å². The van der Waals surface area contributed by atoms with Crippen LogP contribution in [0, 0.1) is 11.8 Å². The molecule has 5 nitrogen and oxygen atoms in total. The Hall–Kier alpha value is -0.760. The lowest BCUT2D eigenvalue weighted by Gasteiger charge is -2.15. The molecule has 0 aliphatic heterocycles. The fourth-order valence-corrected chi connectivity index (χ4v) is 1.68. The van der Waals surface area contributed by atoms with Gasteiger partial charge in [0.2, 0.25) is 0 Å². The van der Waals surface area contributed by atoms with Gasteiger partial charge in [-0.2, -0.15) is 17.2 Å². The highest BCUT2D eigenvalue weighted by Gasteiger charge is 2.45. The monoisotopic (exact) mass is 288 g/mol. The molecule has 0 aliphatic rings. The Kier molecular flexibility index (Phi) is 6.15. The number of esters is 1. The molecule has 0 saturated heterocycles. The molecule has 1 N–H and O–H groups in total. The van der Waals surface area contributed by atoms with Gasteiger partial charge in [0.25, 0.3) is 0 Å². The predicted molar refractivity (Wildman–Crippen MR) is 60.7 cm³/mol. The number of alkyl halides is 2. The van der Waals surface area contributed by atoms with E-state index in [4.69, 9.17) is 4.55 Å². The van der Waals surface area contributed by atoms with Crippen molar-refractivity contribution in [3.63, 3.8) is 0 Å². The molecule has 0 saturated carbocycles. The molecule has 18 heavy (non-hydrogen) atoms. The van der Waals surface area contributed by atoms with E-state index in [2.05, 4.69) is 4.74 Å². The summed E-state index contributed by atoms with van der Waals surface area (Å²) in [5.41, 5.74) is 0. The first kappa shape index (κ1) is 17.2. The Bertz CT molecular complexity index is 378. The van der Waals surface area contributed by atoms with Gasteiger partial charge in [-0.05, 0) is 18.3 Å². The maximum Gasteiger partial charge on any atom is 0.402 e. The zero-order chi connectivity index (χ0) is 14.6. The van der Waals surface area contributed by atoms with Crippen molar-refractivity contribution in [2.24, 2.45) is 11.8 Å². The van der Waals surface area contributed by atoms with E-state index in [1.165, 1.54) is 0 Å². The average Bonchev–Trinajstić information content (AvgIpc) is 2.11. The minimum absolute atomic E-state index is 0.0446. The minimum atomic E-state index is -5.56. The number of halogens is 2.